The minimum Gasteiger partial charge on any atom is -0.349 e. The van der Waals surface area contributed by atoms with E-state index in [4.69, 9.17) is 0 Å². The Hall–Kier alpha value is -2.05. The van der Waals surface area contributed by atoms with Crippen molar-refractivity contribution < 1.29 is 4.79 Å². The van der Waals surface area contributed by atoms with Crippen LogP contribution in [0.15, 0.2) is 70.4 Å². The van der Waals surface area contributed by atoms with E-state index in [1.165, 1.54) is 11.8 Å². The number of aromatic nitrogens is 2. The second-order valence-corrected chi connectivity index (χ2v) is 7.84. The van der Waals surface area contributed by atoms with Crippen molar-refractivity contribution in [2.75, 3.05) is 5.75 Å². The summed E-state index contributed by atoms with van der Waals surface area (Å²) in [6.07, 6.45) is 1.84. The molecule has 0 aliphatic rings. The number of hydrogen-bond acceptors (Lipinski definition) is 3. The van der Waals surface area contributed by atoms with Crippen LogP contribution in [-0.4, -0.2) is 21.2 Å². The summed E-state index contributed by atoms with van der Waals surface area (Å²) in [6.45, 7) is 1.99. The third-order valence-electron chi connectivity index (χ3n) is 4.09. The maximum absolute atomic E-state index is 12.3. The van der Waals surface area contributed by atoms with Crippen molar-refractivity contribution in [2.45, 2.75) is 18.1 Å². The molecule has 1 aromatic heterocycles. The SMILES string of the molecule is C[C@@H](NC(=O)CSc1ncc(-c2ccc(Br)cc2)n1C)c1ccccc1. The predicted molar refractivity (Wildman–Crippen MR) is 110 cm³/mol. The Morgan fingerprint density at radius 2 is 1.88 bits per heavy atom. The monoisotopic (exact) mass is 429 g/mol. The molecule has 1 heterocycles. The number of imidazole rings is 1. The van der Waals surface area contributed by atoms with Gasteiger partial charge in [0.1, 0.15) is 0 Å². The van der Waals surface area contributed by atoms with Crippen molar-refractivity contribution in [1.29, 1.82) is 0 Å². The van der Waals surface area contributed by atoms with Crippen molar-refractivity contribution >= 4 is 33.6 Å². The van der Waals surface area contributed by atoms with Crippen LogP contribution in [-0.2, 0) is 11.8 Å². The lowest BCUT2D eigenvalue weighted by Crippen LogP contribution is -2.28. The third-order valence-corrected chi connectivity index (χ3v) is 5.67. The van der Waals surface area contributed by atoms with E-state index in [0.717, 1.165) is 26.4 Å². The van der Waals surface area contributed by atoms with Crippen LogP contribution in [0.5, 0.6) is 0 Å². The van der Waals surface area contributed by atoms with Gasteiger partial charge in [0.05, 0.1) is 23.7 Å². The van der Waals surface area contributed by atoms with E-state index < -0.39 is 0 Å². The summed E-state index contributed by atoms with van der Waals surface area (Å²) in [7, 11) is 1.97. The van der Waals surface area contributed by atoms with E-state index in [-0.39, 0.29) is 11.9 Å². The fraction of sp³-hybridized carbons (Fsp3) is 0.200. The van der Waals surface area contributed by atoms with Gasteiger partial charge in [-0.2, -0.15) is 0 Å². The maximum atomic E-state index is 12.3. The normalized spacial score (nSPS) is 12.0. The fourth-order valence-electron chi connectivity index (χ4n) is 2.65. The van der Waals surface area contributed by atoms with Gasteiger partial charge in [-0.1, -0.05) is 70.2 Å². The molecule has 0 unspecified atom stereocenters. The number of thioether (sulfide) groups is 1. The number of carbonyl (C=O) groups is 1. The number of halogens is 1. The van der Waals surface area contributed by atoms with Crippen LogP contribution in [0.25, 0.3) is 11.3 Å². The minimum absolute atomic E-state index is 0.000422. The Morgan fingerprint density at radius 1 is 1.19 bits per heavy atom. The van der Waals surface area contributed by atoms with E-state index in [2.05, 4.69) is 26.2 Å². The number of nitrogens with zero attached hydrogens (tertiary/aromatic N) is 2. The first-order valence-electron chi connectivity index (χ1n) is 8.29. The number of carbonyl (C=O) groups excluding carboxylic acids is 1. The third kappa shape index (κ3) is 4.56. The van der Waals surface area contributed by atoms with Crippen molar-refractivity contribution in [3.8, 4) is 11.3 Å². The van der Waals surface area contributed by atoms with E-state index in [0.29, 0.717) is 5.75 Å². The molecule has 0 aliphatic carbocycles. The summed E-state index contributed by atoms with van der Waals surface area (Å²) >= 11 is 4.89. The average molecular weight is 430 g/mol. The van der Waals surface area contributed by atoms with Crippen molar-refractivity contribution in [3.63, 3.8) is 0 Å². The number of hydrogen-bond donors (Lipinski definition) is 1. The number of benzene rings is 2. The molecule has 3 aromatic rings. The lowest BCUT2D eigenvalue weighted by atomic mass is 10.1. The van der Waals surface area contributed by atoms with Crippen LogP contribution >= 0.6 is 27.7 Å². The Kier molecular flexibility index (Phi) is 6.16. The first-order chi connectivity index (χ1) is 12.5. The largest absolute Gasteiger partial charge is 0.349 e. The molecule has 0 fully saturated rings. The highest BCUT2D eigenvalue weighted by atomic mass is 79.9. The van der Waals surface area contributed by atoms with Crippen molar-refractivity contribution in [2.24, 2.45) is 7.05 Å². The number of nitrogens with one attached hydrogen (secondary N) is 1. The molecular weight excluding hydrogens is 410 g/mol. The summed E-state index contributed by atoms with van der Waals surface area (Å²) < 4.78 is 3.06. The zero-order valence-electron chi connectivity index (χ0n) is 14.6. The van der Waals surface area contributed by atoms with Gasteiger partial charge in [-0.3, -0.25) is 4.79 Å². The zero-order valence-corrected chi connectivity index (χ0v) is 17.0. The Morgan fingerprint density at radius 3 is 2.58 bits per heavy atom. The molecule has 0 bridgehead atoms. The molecule has 0 aliphatic heterocycles. The standard InChI is InChI=1S/C20H20BrN3OS/c1-14(15-6-4-3-5-7-15)23-19(25)13-26-20-22-12-18(24(20)2)16-8-10-17(21)11-9-16/h3-12,14H,13H2,1-2H3,(H,23,25)/t14-/m1/s1. The quantitative estimate of drug-likeness (QED) is 0.571. The molecule has 1 amide bonds. The Labute approximate surface area is 166 Å². The number of amides is 1. The molecule has 134 valence electrons. The highest BCUT2D eigenvalue weighted by molar-refractivity contribution is 9.10. The topological polar surface area (TPSA) is 46.9 Å². The van der Waals surface area contributed by atoms with Gasteiger partial charge in [-0.25, -0.2) is 4.98 Å². The first kappa shape index (κ1) is 18.7. The molecule has 1 N–H and O–H groups in total. The van der Waals surface area contributed by atoms with Gasteiger partial charge in [0.2, 0.25) is 5.91 Å². The molecule has 0 saturated heterocycles. The highest BCUT2D eigenvalue weighted by Gasteiger charge is 2.13. The van der Waals surface area contributed by atoms with Crippen LogP contribution < -0.4 is 5.32 Å². The first-order valence-corrected chi connectivity index (χ1v) is 10.1. The molecular formula is C20H20BrN3OS. The van der Waals surface area contributed by atoms with Gasteiger partial charge in [0.15, 0.2) is 5.16 Å². The van der Waals surface area contributed by atoms with Crippen LogP contribution in [0.1, 0.15) is 18.5 Å². The molecule has 1 atom stereocenters. The summed E-state index contributed by atoms with van der Waals surface area (Å²) in [5.74, 6) is 0.335. The highest BCUT2D eigenvalue weighted by Crippen LogP contribution is 2.26. The van der Waals surface area contributed by atoms with Gasteiger partial charge in [-0.05, 0) is 30.2 Å². The summed E-state index contributed by atoms with van der Waals surface area (Å²) in [5.41, 5.74) is 3.22. The van der Waals surface area contributed by atoms with Crippen molar-refractivity contribution in [1.82, 2.24) is 14.9 Å². The minimum atomic E-state index is -0.0102. The van der Waals surface area contributed by atoms with Crippen LogP contribution in [0.4, 0.5) is 0 Å². The van der Waals surface area contributed by atoms with Gasteiger partial charge in [0.25, 0.3) is 0 Å². The zero-order chi connectivity index (χ0) is 18.5. The average Bonchev–Trinajstić information content (AvgIpc) is 3.02. The van der Waals surface area contributed by atoms with E-state index in [1.807, 2.05) is 79.3 Å². The molecule has 4 nitrogen and oxygen atoms in total. The van der Waals surface area contributed by atoms with E-state index >= 15 is 0 Å². The fourth-order valence-corrected chi connectivity index (χ4v) is 3.68. The Bertz CT molecular complexity index is 878. The lowest BCUT2D eigenvalue weighted by Gasteiger charge is -2.14. The molecule has 6 heteroatoms. The Balaban J connectivity index is 1.60. The van der Waals surface area contributed by atoms with Crippen LogP contribution in [0, 0.1) is 0 Å². The molecule has 0 spiro atoms. The second-order valence-electron chi connectivity index (χ2n) is 5.98. The molecule has 3 rings (SSSR count). The lowest BCUT2D eigenvalue weighted by molar-refractivity contribution is -0.119. The molecule has 2 aromatic carbocycles. The smallest absolute Gasteiger partial charge is 0.230 e. The van der Waals surface area contributed by atoms with Gasteiger partial charge < -0.3 is 9.88 Å². The second kappa shape index (κ2) is 8.56. The summed E-state index contributed by atoms with van der Waals surface area (Å²) in [6, 6.07) is 18.0. The van der Waals surface area contributed by atoms with Crippen molar-refractivity contribution in [3.05, 3.63) is 70.8 Å². The summed E-state index contributed by atoms with van der Waals surface area (Å²) in [4.78, 5) is 16.7. The molecule has 0 saturated carbocycles. The van der Waals surface area contributed by atoms with Crippen LogP contribution in [0.3, 0.4) is 0 Å². The van der Waals surface area contributed by atoms with Gasteiger partial charge >= 0.3 is 0 Å². The number of rotatable bonds is 6. The maximum Gasteiger partial charge on any atom is 0.230 e. The molecule has 26 heavy (non-hydrogen) atoms. The van der Waals surface area contributed by atoms with E-state index in [9.17, 15) is 4.79 Å². The van der Waals surface area contributed by atoms with Crippen LogP contribution in [0.2, 0.25) is 0 Å². The van der Waals surface area contributed by atoms with Gasteiger partial charge in [-0.15, -0.1) is 0 Å². The summed E-state index contributed by atoms with van der Waals surface area (Å²) in [5, 5.41) is 3.85. The van der Waals surface area contributed by atoms with Gasteiger partial charge in [0, 0.05) is 11.5 Å². The van der Waals surface area contributed by atoms with E-state index in [1.54, 1.807) is 0 Å². The molecule has 0 radical (unpaired) electrons. The predicted octanol–water partition coefficient (Wildman–Crippen LogP) is 4.82.